The fourth-order valence-corrected chi connectivity index (χ4v) is 5.67. The molecule has 3 rings (SSSR count). The second-order valence-corrected chi connectivity index (χ2v) is 11.2. The molecule has 1 saturated heterocycles. The molecule has 31 heavy (non-hydrogen) atoms. The Balaban J connectivity index is 1.60. The van der Waals surface area contributed by atoms with Crippen molar-refractivity contribution in [2.75, 3.05) is 37.4 Å². The molecule has 0 bridgehead atoms. The van der Waals surface area contributed by atoms with Gasteiger partial charge in [0.15, 0.2) is 0 Å². The van der Waals surface area contributed by atoms with Crippen LogP contribution in [0.15, 0.2) is 51.3 Å². The second kappa shape index (κ2) is 9.63. The minimum atomic E-state index is -3.90. The fraction of sp³-hybridized carbons (Fsp3) is 0.333. The van der Waals surface area contributed by atoms with Gasteiger partial charge in [0.1, 0.15) is 4.90 Å². The first kappa shape index (κ1) is 23.6. The highest BCUT2D eigenvalue weighted by atomic mass is 32.2. The minimum Gasteiger partial charge on any atom is -0.379 e. The van der Waals surface area contributed by atoms with Crippen LogP contribution in [0, 0.1) is 6.92 Å². The lowest BCUT2D eigenvalue weighted by molar-refractivity contribution is -0.113. The van der Waals surface area contributed by atoms with E-state index in [4.69, 9.17) is 9.88 Å². The SMILES string of the molecule is Cc1ccc(NC(=O)CSc2ccc(S(=O)(=O)N3CCOCC3)cn2)cc1S(N)(=O)=O. The van der Waals surface area contributed by atoms with E-state index in [0.29, 0.717) is 42.6 Å². The number of amides is 1. The van der Waals surface area contributed by atoms with Gasteiger partial charge in [0.25, 0.3) is 0 Å². The summed E-state index contributed by atoms with van der Waals surface area (Å²) in [5.41, 5.74) is 0.784. The van der Waals surface area contributed by atoms with E-state index >= 15 is 0 Å². The Morgan fingerprint density at radius 2 is 1.90 bits per heavy atom. The largest absolute Gasteiger partial charge is 0.379 e. The monoisotopic (exact) mass is 486 g/mol. The standard InChI is InChI=1S/C18H22N4O6S3/c1-13-2-3-14(10-16(13)30(19,24)25)21-17(23)12-29-18-5-4-15(11-20-18)31(26,27)22-6-8-28-9-7-22/h2-5,10-11H,6-9,12H2,1H3,(H,21,23)(H2,19,24,25). The van der Waals surface area contributed by atoms with Crippen molar-refractivity contribution in [3.63, 3.8) is 0 Å². The Morgan fingerprint density at radius 3 is 2.52 bits per heavy atom. The van der Waals surface area contributed by atoms with Crippen molar-refractivity contribution >= 4 is 43.4 Å². The van der Waals surface area contributed by atoms with Gasteiger partial charge in [-0.2, -0.15) is 4.31 Å². The summed E-state index contributed by atoms with van der Waals surface area (Å²) >= 11 is 1.12. The van der Waals surface area contributed by atoms with Gasteiger partial charge in [-0.05, 0) is 36.8 Å². The third-order valence-electron chi connectivity index (χ3n) is 4.45. The lowest BCUT2D eigenvalue weighted by Crippen LogP contribution is -2.40. The lowest BCUT2D eigenvalue weighted by Gasteiger charge is -2.25. The quantitative estimate of drug-likeness (QED) is 0.546. The van der Waals surface area contributed by atoms with Gasteiger partial charge >= 0.3 is 0 Å². The molecule has 0 radical (unpaired) electrons. The molecule has 1 aliphatic heterocycles. The number of ether oxygens (including phenoxy) is 1. The third kappa shape index (κ3) is 6.02. The van der Waals surface area contributed by atoms with E-state index in [1.54, 1.807) is 19.1 Å². The molecule has 1 aliphatic rings. The fourth-order valence-electron chi connectivity index (χ4n) is 2.86. The molecule has 13 heteroatoms. The van der Waals surface area contributed by atoms with E-state index in [9.17, 15) is 21.6 Å². The van der Waals surface area contributed by atoms with Crippen molar-refractivity contribution in [3.8, 4) is 0 Å². The van der Waals surface area contributed by atoms with Gasteiger partial charge in [-0.25, -0.2) is 27.0 Å². The summed E-state index contributed by atoms with van der Waals surface area (Å²) in [6.07, 6.45) is 1.27. The molecule has 0 aliphatic carbocycles. The van der Waals surface area contributed by atoms with E-state index in [0.717, 1.165) is 11.8 Å². The maximum Gasteiger partial charge on any atom is 0.244 e. The number of benzene rings is 1. The molecule has 10 nitrogen and oxygen atoms in total. The number of hydrogen-bond acceptors (Lipinski definition) is 8. The van der Waals surface area contributed by atoms with Crippen LogP contribution in [0.25, 0.3) is 0 Å². The number of aryl methyl sites for hydroxylation is 1. The summed E-state index contributed by atoms with van der Waals surface area (Å²) in [4.78, 5) is 16.4. The zero-order valence-electron chi connectivity index (χ0n) is 16.6. The van der Waals surface area contributed by atoms with Crippen LogP contribution in [0.3, 0.4) is 0 Å². The highest BCUT2D eigenvalue weighted by molar-refractivity contribution is 7.99. The molecule has 0 saturated carbocycles. The van der Waals surface area contributed by atoms with Crippen LogP contribution in [0.2, 0.25) is 0 Å². The summed E-state index contributed by atoms with van der Waals surface area (Å²) in [6.45, 7) is 2.91. The van der Waals surface area contributed by atoms with Crippen molar-refractivity contribution in [1.82, 2.24) is 9.29 Å². The van der Waals surface area contributed by atoms with Gasteiger partial charge in [-0.1, -0.05) is 17.8 Å². The molecule has 168 valence electrons. The number of nitrogens with two attached hydrogens (primary N) is 1. The van der Waals surface area contributed by atoms with Crippen molar-refractivity contribution in [3.05, 3.63) is 42.1 Å². The number of aromatic nitrogens is 1. The lowest BCUT2D eigenvalue weighted by atomic mass is 10.2. The van der Waals surface area contributed by atoms with Gasteiger partial charge in [0.05, 0.1) is 28.9 Å². The Morgan fingerprint density at radius 1 is 1.19 bits per heavy atom. The van der Waals surface area contributed by atoms with Crippen LogP contribution in [-0.2, 0) is 29.6 Å². The molecule has 1 fully saturated rings. The number of carbonyl (C=O) groups is 1. The van der Waals surface area contributed by atoms with Crippen molar-refractivity contribution in [2.45, 2.75) is 21.7 Å². The van der Waals surface area contributed by atoms with Crippen LogP contribution in [0.1, 0.15) is 5.56 Å². The molecule has 1 aromatic heterocycles. The maximum absolute atomic E-state index is 12.6. The molecule has 3 N–H and O–H groups in total. The van der Waals surface area contributed by atoms with E-state index < -0.39 is 20.0 Å². The number of morpholine rings is 1. The first-order valence-electron chi connectivity index (χ1n) is 9.17. The Kier molecular flexibility index (Phi) is 7.34. The molecule has 2 aromatic rings. The first-order valence-corrected chi connectivity index (χ1v) is 13.1. The Bertz CT molecular complexity index is 1160. The molecule has 1 aromatic carbocycles. The van der Waals surface area contributed by atoms with Crippen molar-refractivity contribution in [2.24, 2.45) is 5.14 Å². The van der Waals surface area contributed by atoms with Crippen LogP contribution in [0.4, 0.5) is 5.69 Å². The average molecular weight is 487 g/mol. The van der Waals surface area contributed by atoms with Crippen molar-refractivity contribution in [1.29, 1.82) is 0 Å². The summed E-state index contributed by atoms with van der Waals surface area (Å²) in [5.74, 6) is -0.373. The number of rotatable bonds is 7. The predicted octanol–water partition coefficient (Wildman–Crippen LogP) is 0.789. The summed E-state index contributed by atoms with van der Waals surface area (Å²) in [7, 11) is -7.53. The number of thioether (sulfide) groups is 1. The highest BCUT2D eigenvalue weighted by Gasteiger charge is 2.26. The minimum absolute atomic E-state index is 0.00114. The van der Waals surface area contributed by atoms with Gasteiger partial charge in [0, 0.05) is 25.0 Å². The smallest absolute Gasteiger partial charge is 0.244 e. The maximum atomic E-state index is 12.6. The molecular weight excluding hydrogens is 464 g/mol. The number of primary sulfonamides is 1. The topological polar surface area (TPSA) is 149 Å². The van der Waals surface area contributed by atoms with Gasteiger partial charge in [-0.3, -0.25) is 4.79 Å². The van der Waals surface area contributed by atoms with Gasteiger partial charge in [-0.15, -0.1) is 0 Å². The number of pyridine rings is 1. The molecule has 2 heterocycles. The predicted molar refractivity (Wildman–Crippen MR) is 116 cm³/mol. The van der Waals surface area contributed by atoms with Crippen LogP contribution >= 0.6 is 11.8 Å². The highest BCUT2D eigenvalue weighted by Crippen LogP contribution is 2.22. The normalized spacial score (nSPS) is 15.5. The Hall–Kier alpha value is -2.03. The van der Waals surface area contributed by atoms with E-state index in [2.05, 4.69) is 10.3 Å². The Labute approximate surface area is 185 Å². The van der Waals surface area contributed by atoms with Crippen LogP contribution < -0.4 is 10.5 Å². The number of nitrogens with zero attached hydrogens (tertiary/aromatic N) is 2. The van der Waals surface area contributed by atoms with E-state index in [1.165, 1.54) is 28.7 Å². The summed E-state index contributed by atoms with van der Waals surface area (Å²) in [6, 6.07) is 7.43. The van der Waals surface area contributed by atoms with E-state index in [-0.39, 0.29) is 21.5 Å². The van der Waals surface area contributed by atoms with Crippen LogP contribution in [-0.4, -0.2) is 64.1 Å². The molecule has 1 amide bonds. The molecule has 0 unspecified atom stereocenters. The zero-order valence-corrected chi connectivity index (χ0v) is 19.1. The molecular formula is C18H22N4O6S3. The van der Waals surface area contributed by atoms with Gasteiger partial charge < -0.3 is 10.1 Å². The zero-order chi connectivity index (χ0) is 22.6. The van der Waals surface area contributed by atoms with Crippen molar-refractivity contribution < 1.29 is 26.4 Å². The molecule has 0 atom stereocenters. The first-order chi connectivity index (χ1) is 14.6. The summed E-state index contributed by atoms with van der Waals surface area (Å²) in [5, 5.41) is 8.26. The number of sulfonamides is 2. The number of nitrogens with one attached hydrogen (secondary N) is 1. The number of hydrogen-bond donors (Lipinski definition) is 2. The third-order valence-corrected chi connectivity index (χ3v) is 8.33. The average Bonchev–Trinajstić information content (AvgIpc) is 2.74. The van der Waals surface area contributed by atoms with E-state index in [1.807, 2.05) is 0 Å². The number of carbonyl (C=O) groups excluding carboxylic acids is 1. The molecule has 0 spiro atoms. The number of anilines is 1. The van der Waals surface area contributed by atoms with Gasteiger partial charge in [0.2, 0.25) is 26.0 Å². The van der Waals surface area contributed by atoms with Crippen LogP contribution in [0.5, 0.6) is 0 Å². The second-order valence-electron chi connectivity index (χ2n) is 6.71. The summed E-state index contributed by atoms with van der Waals surface area (Å²) < 4.78 is 54.9.